The summed E-state index contributed by atoms with van der Waals surface area (Å²) in [5, 5.41) is 13.3. The maximum Gasteiger partial charge on any atom is 0.269 e. The van der Waals surface area contributed by atoms with E-state index in [4.69, 9.17) is 0 Å². The van der Waals surface area contributed by atoms with Gasteiger partial charge >= 0.3 is 0 Å². The van der Waals surface area contributed by atoms with Gasteiger partial charge in [0, 0.05) is 12.1 Å². The van der Waals surface area contributed by atoms with Crippen LogP contribution in [0.25, 0.3) is 0 Å². The lowest BCUT2D eigenvalue weighted by atomic mass is 10.2. The highest BCUT2D eigenvalue weighted by molar-refractivity contribution is 7.92. The van der Waals surface area contributed by atoms with Gasteiger partial charge in [-0.1, -0.05) is 12.1 Å². The zero-order valence-electron chi connectivity index (χ0n) is 11.7. The maximum atomic E-state index is 12.8. The van der Waals surface area contributed by atoms with Crippen molar-refractivity contribution < 1.29 is 18.1 Å². The van der Waals surface area contributed by atoms with Gasteiger partial charge in [0.1, 0.15) is 6.54 Å². The van der Waals surface area contributed by atoms with Crippen LogP contribution in [-0.4, -0.2) is 25.8 Å². The van der Waals surface area contributed by atoms with E-state index in [1.54, 1.807) is 24.3 Å². The van der Waals surface area contributed by atoms with Crippen LogP contribution in [0.1, 0.15) is 0 Å². The predicted octanol–water partition coefficient (Wildman–Crippen LogP) is 1.74. The summed E-state index contributed by atoms with van der Waals surface area (Å²) in [6.07, 6.45) is 0. The van der Waals surface area contributed by atoms with Crippen LogP contribution in [-0.2, 0) is 14.8 Å². The number of hydrogen-bond acceptors (Lipinski definition) is 5. The van der Waals surface area contributed by atoms with Gasteiger partial charge in [-0.2, -0.15) is 0 Å². The van der Waals surface area contributed by atoms with E-state index in [0.29, 0.717) is 11.4 Å². The minimum atomic E-state index is -4.00. The zero-order valence-corrected chi connectivity index (χ0v) is 12.5. The van der Waals surface area contributed by atoms with Crippen molar-refractivity contribution in [2.24, 2.45) is 0 Å². The van der Waals surface area contributed by atoms with E-state index < -0.39 is 20.9 Å². The molecule has 0 bridgehead atoms. The van der Waals surface area contributed by atoms with Crippen molar-refractivity contribution in [2.75, 3.05) is 16.2 Å². The maximum absolute atomic E-state index is 12.8. The SMILES string of the molecule is O=C1CN(S(=O)(=O)c2ccc([N+](=O)[O-])cc2)c2ccccc2N1. The first kappa shape index (κ1) is 15.0. The van der Waals surface area contributed by atoms with Gasteiger partial charge in [0.2, 0.25) is 5.91 Å². The number of nitro groups is 1. The van der Waals surface area contributed by atoms with Crippen molar-refractivity contribution in [2.45, 2.75) is 4.90 Å². The Morgan fingerprint density at radius 2 is 1.74 bits per heavy atom. The molecule has 1 aliphatic heterocycles. The van der Waals surface area contributed by atoms with Gasteiger partial charge in [-0.15, -0.1) is 0 Å². The fourth-order valence-electron chi connectivity index (χ4n) is 2.28. The molecule has 0 fully saturated rings. The van der Waals surface area contributed by atoms with E-state index in [9.17, 15) is 23.3 Å². The van der Waals surface area contributed by atoms with Crippen LogP contribution in [0.2, 0.25) is 0 Å². The van der Waals surface area contributed by atoms with Gasteiger partial charge in [-0.25, -0.2) is 8.42 Å². The highest BCUT2D eigenvalue weighted by atomic mass is 32.2. The summed E-state index contributed by atoms with van der Waals surface area (Å²) in [5.41, 5.74) is 0.542. The van der Waals surface area contributed by atoms with Crippen LogP contribution in [0, 0.1) is 10.1 Å². The molecule has 3 rings (SSSR count). The molecule has 1 heterocycles. The topological polar surface area (TPSA) is 110 Å². The van der Waals surface area contributed by atoms with Crippen molar-refractivity contribution in [1.29, 1.82) is 0 Å². The van der Waals surface area contributed by atoms with Gasteiger partial charge in [-0.05, 0) is 24.3 Å². The number of nitrogens with one attached hydrogen (secondary N) is 1. The summed E-state index contributed by atoms with van der Waals surface area (Å²) in [7, 11) is -4.00. The lowest BCUT2D eigenvalue weighted by Gasteiger charge is -2.29. The lowest BCUT2D eigenvalue weighted by molar-refractivity contribution is -0.384. The molecule has 0 aromatic heterocycles. The molecule has 0 radical (unpaired) electrons. The zero-order chi connectivity index (χ0) is 16.6. The van der Waals surface area contributed by atoms with Gasteiger partial charge in [-0.3, -0.25) is 19.2 Å². The van der Waals surface area contributed by atoms with E-state index in [1.807, 2.05) is 0 Å². The average molecular weight is 333 g/mol. The Morgan fingerprint density at radius 3 is 2.39 bits per heavy atom. The number of non-ortho nitro benzene ring substituents is 1. The van der Waals surface area contributed by atoms with E-state index in [2.05, 4.69) is 5.32 Å². The highest BCUT2D eigenvalue weighted by Gasteiger charge is 2.32. The molecule has 2 aromatic carbocycles. The van der Waals surface area contributed by atoms with Crippen molar-refractivity contribution in [3.05, 3.63) is 58.6 Å². The Bertz CT molecular complexity index is 893. The number of nitro benzene ring substituents is 1. The summed E-state index contributed by atoms with van der Waals surface area (Å²) in [5.74, 6) is -0.450. The summed E-state index contributed by atoms with van der Waals surface area (Å²) < 4.78 is 26.5. The van der Waals surface area contributed by atoms with Gasteiger partial charge in [0.25, 0.3) is 15.7 Å². The molecule has 0 atom stereocenters. The first-order valence-electron chi connectivity index (χ1n) is 6.56. The van der Waals surface area contributed by atoms with Crippen LogP contribution in [0.5, 0.6) is 0 Å². The molecule has 9 heteroatoms. The first-order chi connectivity index (χ1) is 10.9. The molecule has 2 aromatic rings. The second-order valence-corrected chi connectivity index (χ2v) is 6.69. The Morgan fingerprint density at radius 1 is 1.09 bits per heavy atom. The molecule has 1 N–H and O–H groups in total. The Hall–Kier alpha value is -2.94. The minimum absolute atomic E-state index is 0.118. The molecule has 1 amide bonds. The molecule has 8 nitrogen and oxygen atoms in total. The second-order valence-electron chi connectivity index (χ2n) is 4.83. The number of rotatable bonds is 3. The molecule has 118 valence electrons. The minimum Gasteiger partial charge on any atom is -0.323 e. The van der Waals surface area contributed by atoms with Crippen LogP contribution in [0.3, 0.4) is 0 Å². The monoisotopic (exact) mass is 333 g/mol. The number of nitrogens with zero attached hydrogens (tertiary/aromatic N) is 2. The van der Waals surface area contributed by atoms with Crippen molar-refractivity contribution in [3.8, 4) is 0 Å². The van der Waals surface area contributed by atoms with Crippen molar-refractivity contribution in [1.82, 2.24) is 0 Å². The summed E-state index contributed by atoms with van der Waals surface area (Å²) >= 11 is 0. The average Bonchev–Trinajstić information content (AvgIpc) is 2.54. The fraction of sp³-hybridized carbons (Fsp3) is 0.0714. The van der Waals surface area contributed by atoms with E-state index in [0.717, 1.165) is 28.6 Å². The number of amides is 1. The number of anilines is 2. The van der Waals surface area contributed by atoms with E-state index in [1.165, 1.54) is 0 Å². The molecule has 0 saturated carbocycles. The quantitative estimate of drug-likeness (QED) is 0.679. The third-order valence-electron chi connectivity index (χ3n) is 3.37. The smallest absolute Gasteiger partial charge is 0.269 e. The molecule has 1 aliphatic rings. The third kappa shape index (κ3) is 2.61. The third-order valence-corrected chi connectivity index (χ3v) is 5.14. The van der Waals surface area contributed by atoms with E-state index in [-0.39, 0.29) is 17.1 Å². The van der Waals surface area contributed by atoms with Gasteiger partial charge < -0.3 is 5.32 Å². The molecule has 0 aliphatic carbocycles. The predicted molar refractivity (Wildman–Crippen MR) is 82.7 cm³/mol. The molecular formula is C14H11N3O5S. The fourth-order valence-corrected chi connectivity index (χ4v) is 3.72. The van der Waals surface area contributed by atoms with Crippen LogP contribution >= 0.6 is 0 Å². The normalized spacial score (nSPS) is 14.1. The molecule has 0 unspecified atom stereocenters. The molecule has 0 spiro atoms. The molecular weight excluding hydrogens is 322 g/mol. The number of carbonyl (C=O) groups is 1. The summed E-state index contributed by atoms with van der Waals surface area (Å²) in [6, 6.07) is 11.1. The molecule has 23 heavy (non-hydrogen) atoms. The van der Waals surface area contributed by atoms with Gasteiger partial charge in [0.05, 0.1) is 21.2 Å². The molecule has 0 saturated heterocycles. The van der Waals surface area contributed by atoms with Crippen molar-refractivity contribution in [3.63, 3.8) is 0 Å². The van der Waals surface area contributed by atoms with E-state index >= 15 is 0 Å². The summed E-state index contributed by atoms with van der Waals surface area (Å²) in [6.45, 7) is -0.351. The largest absolute Gasteiger partial charge is 0.323 e. The first-order valence-corrected chi connectivity index (χ1v) is 8.00. The lowest BCUT2D eigenvalue weighted by Crippen LogP contribution is -2.42. The van der Waals surface area contributed by atoms with Crippen LogP contribution in [0.4, 0.5) is 17.1 Å². The number of para-hydroxylation sites is 2. The summed E-state index contributed by atoms with van der Waals surface area (Å²) in [4.78, 5) is 21.7. The second kappa shape index (κ2) is 5.36. The number of fused-ring (bicyclic) bond motifs is 1. The van der Waals surface area contributed by atoms with Crippen molar-refractivity contribution >= 4 is 33.0 Å². The number of hydrogen-bond donors (Lipinski definition) is 1. The van der Waals surface area contributed by atoms with Crippen LogP contribution in [0.15, 0.2) is 53.4 Å². The Kier molecular flexibility index (Phi) is 3.49. The Balaban J connectivity index is 2.06. The number of benzene rings is 2. The number of carbonyl (C=O) groups excluding carboxylic acids is 1. The van der Waals surface area contributed by atoms with Gasteiger partial charge in [0.15, 0.2) is 0 Å². The highest BCUT2D eigenvalue weighted by Crippen LogP contribution is 2.33. The van der Waals surface area contributed by atoms with Crippen LogP contribution < -0.4 is 9.62 Å². The number of sulfonamides is 1. The standard InChI is InChI=1S/C14H11N3O5S/c18-14-9-16(13-4-2-1-3-12(13)15-14)23(21,22)11-7-5-10(6-8-11)17(19)20/h1-8H,9H2,(H,15,18). The Labute approximate surface area is 131 Å².